The number of azide groups is 1. The number of aromatic nitrogens is 3. The number of halogens is 1. The van der Waals surface area contributed by atoms with Gasteiger partial charge in [0.05, 0.1) is 11.7 Å². The van der Waals surface area contributed by atoms with Gasteiger partial charge in [0.25, 0.3) is 0 Å². The minimum Gasteiger partial charge on any atom is -0.339 e. The van der Waals surface area contributed by atoms with Gasteiger partial charge in [0, 0.05) is 33.9 Å². The van der Waals surface area contributed by atoms with E-state index in [9.17, 15) is 9.18 Å². The zero-order valence-electron chi connectivity index (χ0n) is 19.5. The van der Waals surface area contributed by atoms with Crippen molar-refractivity contribution in [2.45, 2.75) is 12.5 Å². The van der Waals surface area contributed by atoms with Crippen LogP contribution in [0.5, 0.6) is 0 Å². The van der Waals surface area contributed by atoms with E-state index < -0.39 is 6.04 Å². The number of aromatic amines is 1. The first-order valence-corrected chi connectivity index (χ1v) is 11.4. The number of fused-ring (bicyclic) bond motifs is 1. The molecule has 5 aromatic rings. The number of nitrogens with two attached hydrogens (primary N) is 1. The Morgan fingerprint density at radius 2 is 1.76 bits per heavy atom. The van der Waals surface area contributed by atoms with Crippen LogP contribution in [0.25, 0.3) is 43.9 Å². The molecule has 1 atom stereocenters. The summed E-state index contributed by atoms with van der Waals surface area (Å²) in [6, 6.07) is 19.6. The van der Waals surface area contributed by atoms with Gasteiger partial charge in [-0.05, 0) is 77.2 Å². The highest BCUT2D eigenvalue weighted by atomic mass is 19.1. The van der Waals surface area contributed by atoms with Gasteiger partial charge in [-0.2, -0.15) is 0 Å². The second-order valence-electron chi connectivity index (χ2n) is 8.37. The summed E-state index contributed by atoms with van der Waals surface area (Å²) in [5.74, 6) is -0.359. The van der Waals surface area contributed by atoms with Crippen LogP contribution < -0.4 is 11.1 Å². The van der Waals surface area contributed by atoms with Crippen LogP contribution in [0, 0.1) is 5.82 Å². The number of anilines is 1. The van der Waals surface area contributed by atoms with Gasteiger partial charge in [-0.15, -0.1) is 0 Å². The van der Waals surface area contributed by atoms with E-state index >= 15 is 0 Å². The van der Waals surface area contributed by atoms with Crippen LogP contribution >= 0.6 is 0 Å². The number of hydrogen-bond donors (Lipinski definition) is 3. The molecule has 0 aliphatic carbocycles. The van der Waals surface area contributed by atoms with E-state index in [2.05, 4.69) is 30.3 Å². The third-order valence-corrected chi connectivity index (χ3v) is 5.90. The Morgan fingerprint density at radius 3 is 2.46 bits per heavy atom. The van der Waals surface area contributed by atoms with Crippen LogP contribution in [-0.4, -0.2) is 26.9 Å². The lowest BCUT2D eigenvalue weighted by atomic mass is 10.00. The minimum atomic E-state index is -0.811. The van der Waals surface area contributed by atoms with Crippen LogP contribution in [0.4, 0.5) is 15.9 Å². The van der Waals surface area contributed by atoms with Gasteiger partial charge >= 0.3 is 0 Å². The summed E-state index contributed by atoms with van der Waals surface area (Å²) in [6.07, 6.45) is 3.71. The van der Waals surface area contributed by atoms with Crippen LogP contribution in [0.15, 0.2) is 90.3 Å². The number of pyridine rings is 2. The lowest BCUT2D eigenvalue weighted by Gasteiger charge is -2.12. The lowest BCUT2D eigenvalue weighted by Crippen LogP contribution is -2.37. The van der Waals surface area contributed by atoms with Crippen molar-refractivity contribution in [3.8, 4) is 22.4 Å². The molecule has 3 aromatic heterocycles. The quantitative estimate of drug-likeness (QED) is 0.148. The molecule has 0 saturated heterocycles. The van der Waals surface area contributed by atoms with E-state index in [1.165, 1.54) is 12.1 Å². The minimum absolute atomic E-state index is 0.300. The number of nitrogens with one attached hydrogen (secondary N) is 2. The van der Waals surface area contributed by atoms with Gasteiger partial charge in [0.1, 0.15) is 17.3 Å². The van der Waals surface area contributed by atoms with Crippen molar-refractivity contribution >= 4 is 28.4 Å². The topological polar surface area (TPSA) is 145 Å². The molecule has 0 saturated carbocycles. The van der Waals surface area contributed by atoms with Gasteiger partial charge in [-0.3, -0.25) is 9.78 Å². The Kier molecular flexibility index (Phi) is 6.58. The van der Waals surface area contributed by atoms with E-state index in [0.717, 1.165) is 33.3 Å². The summed E-state index contributed by atoms with van der Waals surface area (Å²) < 4.78 is 13.6. The number of benzene rings is 2. The van der Waals surface area contributed by atoms with E-state index in [-0.39, 0.29) is 11.7 Å². The summed E-state index contributed by atoms with van der Waals surface area (Å²) in [4.78, 5) is 27.6. The average Bonchev–Trinajstić information content (AvgIpc) is 3.29. The highest BCUT2D eigenvalue weighted by Gasteiger charge is 2.19. The van der Waals surface area contributed by atoms with Crippen molar-refractivity contribution in [2.24, 2.45) is 10.8 Å². The third kappa shape index (κ3) is 5.15. The Morgan fingerprint density at radius 1 is 1.03 bits per heavy atom. The number of rotatable bonds is 7. The molecule has 9 nitrogen and oxygen atoms in total. The number of nitrogens with zero attached hydrogens (tertiary/aromatic N) is 5. The van der Waals surface area contributed by atoms with Gasteiger partial charge in [-0.25, -0.2) is 9.37 Å². The van der Waals surface area contributed by atoms with Crippen LogP contribution in [0.3, 0.4) is 0 Å². The first-order chi connectivity index (χ1) is 18.0. The van der Waals surface area contributed by atoms with Crippen molar-refractivity contribution in [1.29, 1.82) is 0 Å². The predicted molar refractivity (Wildman–Crippen MR) is 140 cm³/mol. The SMILES string of the molecule is [N-]=[N+]=Nc1ccc(CC(N)C(=O)Nc2ccc3c(-c4ccncc4)c(-c4ccc(F)cc4)[nH]c3n2)cc1. The molecular weight excluding hydrogens is 471 g/mol. The first-order valence-electron chi connectivity index (χ1n) is 11.4. The van der Waals surface area contributed by atoms with Crippen molar-refractivity contribution in [1.82, 2.24) is 15.0 Å². The molecule has 0 aliphatic heterocycles. The zero-order valence-corrected chi connectivity index (χ0v) is 19.5. The van der Waals surface area contributed by atoms with Gasteiger partial charge in [-0.1, -0.05) is 29.4 Å². The molecule has 0 aliphatic rings. The summed E-state index contributed by atoms with van der Waals surface area (Å²) in [5.41, 5.74) is 19.9. The van der Waals surface area contributed by atoms with Crippen molar-refractivity contribution in [3.63, 3.8) is 0 Å². The van der Waals surface area contributed by atoms with E-state index in [4.69, 9.17) is 11.3 Å². The van der Waals surface area contributed by atoms with Crippen molar-refractivity contribution < 1.29 is 9.18 Å². The fraction of sp³-hybridized carbons (Fsp3) is 0.0741. The number of H-pyrrole nitrogens is 1. The summed E-state index contributed by atoms with van der Waals surface area (Å²) in [7, 11) is 0. The lowest BCUT2D eigenvalue weighted by molar-refractivity contribution is -0.117. The molecular formula is C27H21FN8O. The number of hydrogen-bond acceptors (Lipinski definition) is 5. The zero-order chi connectivity index (χ0) is 25.8. The maximum atomic E-state index is 13.6. The van der Waals surface area contributed by atoms with E-state index in [1.807, 2.05) is 18.2 Å². The highest BCUT2D eigenvalue weighted by molar-refractivity contribution is 6.03. The largest absolute Gasteiger partial charge is 0.339 e. The molecule has 1 unspecified atom stereocenters. The Hall–Kier alpha value is -5.05. The molecule has 3 heterocycles. The molecule has 0 fully saturated rings. The first kappa shape index (κ1) is 23.7. The fourth-order valence-corrected chi connectivity index (χ4v) is 4.11. The van der Waals surface area contributed by atoms with Crippen LogP contribution in [-0.2, 0) is 11.2 Å². The Balaban J connectivity index is 1.42. The van der Waals surface area contributed by atoms with Crippen LogP contribution in [0.2, 0.25) is 0 Å². The normalized spacial score (nSPS) is 11.6. The fourth-order valence-electron chi connectivity index (χ4n) is 4.11. The summed E-state index contributed by atoms with van der Waals surface area (Å²) >= 11 is 0. The Bertz CT molecular complexity index is 1610. The number of amides is 1. The molecule has 1 amide bonds. The second kappa shape index (κ2) is 10.3. The van der Waals surface area contributed by atoms with E-state index in [1.54, 1.807) is 54.9 Å². The van der Waals surface area contributed by atoms with Gasteiger partial charge in [0.15, 0.2) is 0 Å². The maximum absolute atomic E-state index is 13.6. The third-order valence-electron chi connectivity index (χ3n) is 5.90. The molecule has 0 bridgehead atoms. The second-order valence-corrected chi connectivity index (χ2v) is 8.37. The summed E-state index contributed by atoms with van der Waals surface area (Å²) in [6.45, 7) is 0. The molecule has 5 rings (SSSR count). The smallest absolute Gasteiger partial charge is 0.242 e. The Labute approximate surface area is 210 Å². The monoisotopic (exact) mass is 492 g/mol. The molecule has 182 valence electrons. The number of carbonyl (C=O) groups excluding carboxylic acids is 1. The molecule has 2 aromatic carbocycles. The van der Waals surface area contributed by atoms with Crippen molar-refractivity contribution in [2.75, 3.05) is 5.32 Å². The average molecular weight is 493 g/mol. The van der Waals surface area contributed by atoms with Gasteiger partial charge < -0.3 is 16.0 Å². The standard InChI is InChI=1S/C27H21FN8O/c28-19-5-3-18(4-6-19)25-24(17-11-13-31-14-12-17)21-9-10-23(32-26(21)34-25)33-27(37)22(29)15-16-1-7-20(8-2-16)35-36-30/h1-14,22H,15,29H2,(H2,32,33,34,37). The van der Waals surface area contributed by atoms with Gasteiger partial charge in [0.2, 0.25) is 5.91 Å². The van der Waals surface area contributed by atoms with E-state index in [0.29, 0.717) is 23.6 Å². The highest BCUT2D eigenvalue weighted by Crippen LogP contribution is 2.38. The van der Waals surface area contributed by atoms with Crippen molar-refractivity contribution in [3.05, 3.63) is 107 Å². The summed E-state index contributed by atoms with van der Waals surface area (Å²) in [5, 5.41) is 7.15. The molecule has 0 spiro atoms. The molecule has 37 heavy (non-hydrogen) atoms. The molecule has 10 heteroatoms. The maximum Gasteiger partial charge on any atom is 0.242 e. The molecule has 0 radical (unpaired) electrons. The molecule has 4 N–H and O–H groups in total. The number of carbonyl (C=O) groups is 1. The predicted octanol–water partition coefficient (Wildman–Crippen LogP) is 5.88. The van der Waals surface area contributed by atoms with Crippen LogP contribution in [0.1, 0.15) is 5.56 Å².